The maximum absolute atomic E-state index is 13.1. The van der Waals surface area contributed by atoms with Gasteiger partial charge >= 0.3 is 5.97 Å². The number of likely N-dealkylation sites (tertiary alicyclic amines) is 1. The number of piperidine rings is 1. The van der Waals surface area contributed by atoms with E-state index in [2.05, 4.69) is 0 Å². The Balaban J connectivity index is 1.83. The van der Waals surface area contributed by atoms with Crippen molar-refractivity contribution in [2.45, 2.75) is 19.8 Å². The highest BCUT2D eigenvalue weighted by molar-refractivity contribution is 6.15. The molecule has 28 heavy (non-hydrogen) atoms. The number of ketones is 1. The smallest absolute Gasteiger partial charge is 0.310 e. The van der Waals surface area contributed by atoms with Gasteiger partial charge in [0.1, 0.15) is 5.82 Å². The van der Waals surface area contributed by atoms with Crippen LogP contribution in [0.15, 0.2) is 48.5 Å². The lowest BCUT2D eigenvalue weighted by molar-refractivity contribution is -0.149. The molecule has 0 radical (unpaired) electrons. The second-order valence-electron chi connectivity index (χ2n) is 6.72. The van der Waals surface area contributed by atoms with Crippen LogP contribution in [0.5, 0.6) is 0 Å². The third-order valence-electron chi connectivity index (χ3n) is 4.84. The zero-order valence-electron chi connectivity index (χ0n) is 15.7. The Kier molecular flexibility index (Phi) is 6.19. The SMILES string of the molecule is CCOC(=O)[C@@H]1CCCN(C(=O)c2ccccc2C(=O)c2ccc(F)cc2)C1. The summed E-state index contributed by atoms with van der Waals surface area (Å²) in [5.74, 6) is -1.71. The molecule has 1 atom stereocenters. The van der Waals surface area contributed by atoms with Crippen LogP contribution in [-0.2, 0) is 9.53 Å². The standard InChI is InChI=1S/C22H22FNO4/c1-2-28-22(27)16-6-5-13-24(14-16)21(26)19-8-4-3-7-18(19)20(25)15-9-11-17(23)12-10-15/h3-4,7-12,16H,2,5-6,13-14H2,1H3/t16-/m1/s1. The molecular weight excluding hydrogens is 361 g/mol. The average molecular weight is 383 g/mol. The van der Waals surface area contributed by atoms with Gasteiger partial charge in [-0.3, -0.25) is 14.4 Å². The van der Waals surface area contributed by atoms with Gasteiger partial charge in [-0.15, -0.1) is 0 Å². The predicted octanol–water partition coefficient (Wildman–Crippen LogP) is 3.47. The van der Waals surface area contributed by atoms with Gasteiger partial charge in [0.2, 0.25) is 0 Å². The number of esters is 1. The third kappa shape index (κ3) is 4.27. The molecule has 0 aromatic heterocycles. The van der Waals surface area contributed by atoms with Gasteiger partial charge in [-0.2, -0.15) is 0 Å². The Hall–Kier alpha value is -3.02. The summed E-state index contributed by atoms with van der Waals surface area (Å²) in [7, 11) is 0. The van der Waals surface area contributed by atoms with Crippen molar-refractivity contribution in [1.29, 1.82) is 0 Å². The summed E-state index contributed by atoms with van der Waals surface area (Å²) in [6, 6.07) is 11.8. The normalized spacial score (nSPS) is 16.5. The number of ether oxygens (including phenoxy) is 1. The minimum atomic E-state index is -0.431. The molecule has 0 bridgehead atoms. The van der Waals surface area contributed by atoms with Crippen LogP contribution in [0, 0.1) is 11.7 Å². The van der Waals surface area contributed by atoms with Gasteiger partial charge in [-0.25, -0.2) is 4.39 Å². The zero-order chi connectivity index (χ0) is 20.1. The molecule has 146 valence electrons. The highest BCUT2D eigenvalue weighted by Crippen LogP contribution is 2.22. The fraction of sp³-hybridized carbons (Fsp3) is 0.318. The molecule has 0 N–H and O–H groups in total. The molecule has 1 fully saturated rings. The summed E-state index contributed by atoms with van der Waals surface area (Å²) in [5.41, 5.74) is 0.850. The minimum Gasteiger partial charge on any atom is -0.466 e. The van der Waals surface area contributed by atoms with E-state index in [0.29, 0.717) is 31.6 Å². The quantitative estimate of drug-likeness (QED) is 0.586. The van der Waals surface area contributed by atoms with E-state index in [1.807, 2.05) is 0 Å². The summed E-state index contributed by atoms with van der Waals surface area (Å²) in [6.45, 7) is 2.85. The van der Waals surface area contributed by atoms with Crippen LogP contribution in [0.4, 0.5) is 4.39 Å². The van der Waals surface area contributed by atoms with Gasteiger partial charge in [-0.1, -0.05) is 18.2 Å². The number of rotatable bonds is 5. The molecular formula is C22H22FNO4. The molecule has 1 amide bonds. The number of nitrogens with zero attached hydrogens (tertiary/aromatic N) is 1. The van der Waals surface area contributed by atoms with Crippen LogP contribution >= 0.6 is 0 Å². The molecule has 3 rings (SSSR count). The highest BCUT2D eigenvalue weighted by Gasteiger charge is 2.31. The van der Waals surface area contributed by atoms with E-state index in [0.717, 1.165) is 0 Å². The first-order chi connectivity index (χ1) is 13.5. The summed E-state index contributed by atoms with van der Waals surface area (Å²) in [6.07, 6.45) is 1.38. The summed E-state index contributed by atoms with van der Waals surface area (Å²) >= 11 is 0. The van der Waals surface area contributed by atoms with Crippen molar-refractivity contribution in [2.24, 2.45) is 5.92 Å². The van der Waals surface area contributed by atoms with Crippen LogP contribution in [0.1, 0.15) is 46.0 Å². The number of carbonyl (C=O) groups is 3. The van der Waals surface area contributed by atoms with Gasteiger partial charge in [0.05, 0.1) is 18.1 Å². The molecule has 1 aliphatic rings. The minimum absolute atomic E-state index is 0.261. The Morgan fingerprint density at radius 3 is 2.43 bits per heavy atom. The van der Waals surface area contributed by atoms with Gasteiger partial charge in [-0.05, 0) is 50.1 Å². The van der Waals surface area contributed by atoms with Gasteiger partial charge in [0.25, 0.3) is 5.91 Å². The van der Waals surface area contributed by atoms with Crippen LogP contribution in [0.3, 0.4) is 0 Å². The van der Waals surface area contributed by atoms with E-state index < -0.39 is 5.82 Å². The first-order valence-corrected chi connectivity index (χ1v) is 9.36. The van der Waals surface area contributed by atoms with Gasteiger partial charge in [0, 0.05) is 24.2 Å². The topological polar surface area (TPSA) is 63.7 Å². The largest absolute Gasteiger partial charge is 0.466 e. The zero-order valence-corrected chi connectivity index (χ0v) is 15.7. The number of benzene rings is 2. The fourth-order valence-electron chi connectivity index (χ4n) is 3.41. The summed E-state index contributed by atoms with van der Waals surface area (Å²) < 4.78 is 18.2. The van der Waals surface area contributed by atoms with Gasteiger partial charge in [0.15, 0.2) is 5.78 Å². The predicted molar refractivity (Wildman–Crippen MR) is 102 cm³/mol. The Bertz CT molecular complexity index is 878. The molecule has 1 aliphatic heterocycles. The fourth-order valence-corrected chi connectivity index (χ4v) is 3.41. The van der Waals surface area contributed by atoms with Crippen LogP contribution in [0.25, 0.3) is 0 Å². The Morgan fingerprint density at radius 1 is 1.07 bits per heavy atom. The van der Waals surface area contributed by atoms with Crippen LogP contribution in [-0.4, -0.2) is 42.3 Å². The van der Waals surface area contributed by atoms with Crippen molar-refractivity contribution >= 4 is 17.7 Å². The van der Waals surface area contributed by atoms with E-state index in [-0.39, 0.29) is 41.2 Å². The molecule has 0 saturated carbocycles. The maximum atomic E-state index is 13.1. The molecule has 2 aromatic rings. The summed E-state index contributed by atoms with van der Waals surface area (Å²) in [4.78, 5) is 39.6. The lowest BCUT2D eigenvalue weighted by Crippen LogP contribution is -2.43. The molecule has 0 spiro atoms. The van der Waals surface area contributed by atoms with Crippen molar-refractivity contribution < 1.29 is 23.5 Å². The monoisotopic (exact) mass is 383 g/mol. The van der Waals surface area contributed by atoms with Crippen molar-refractivity contribution in [3.05, 3.63) is 71.0 Å². The van der Waals surface area contributed by atoms with E-state index in [9.17, 15) is 18.8 Å². The van der Waals surface area contributed by atoms with Crippen molar-refractivity contribution in [2.75, 3.05) is 19.7 Å². The molecule has 0 unspecified atom stereocenters. The lowest BCUT2D eigenvalue weighted by atomic mass is 9.94. The number of carbonyl (C=O) groups excluding carboxylic acids is 3. The highest BCUT2D eigenvalue weighted by atomic mass is 19.1. The molecule has 1 saturated heterocycles. The second kappa shape index (κ2) is 8.78. The molecule has 2 aromatic carbocycles. The number of halogens is 1. The molecule has 6 heteroatoms. The number of amides is 1. The van der Waals surface area contributed by atoms with E-state index in [1.54, 1.807) is 36.1 Å². The molecule has 1 heterocycles. The summed E-state index contributed by atoms with van der Waals surface area (Å²) in [5, 5.41) is 0. The number of hydrogen-bond acceptors (Lipinski definition) is 4. The second-order valence-corrected chi connectivity index (χ2v) is 6.72. The van der Waals surface area contributed by atoms with Crippen molar-refractivity contribution in [3.63, 3.8) is 0 Å². The third-order valence-corrected chi connectivity index (χ3v) is 4.84. The molecule has 0 aliphatic carbocycles. The van der Waals surface area contributed by atoms with Crippen molar-refractivity contribution in [3.8, 4) is 0 Å². The van der Waals surface area contributed by atoms with Crippen LogP contribution < -0.4 is 0 Å². The Morgan fingerprint density at radius 2 is 1.75 bits per heavy atom. The van der Waals surface area contributed by atoms with E-state index in [1.165, 1.54) is 24.3 Å². The van der Waals surface area contributed by atoms with Crippen molar-refractivity contribution in [1.82, 2.24) is 4.90 Å². The molecule has 5 nitrogen and oxygen atoms in total. The average Bonchev–Trinajstić information content (AvgIpc) is 2.73. The van der Waals surface area contributed by atoms with E-state index in [4.69, 9.17) is 4.74 Å². The first-order valence-electron chi connectivity index (χ1n) is 9.36. The first kappa shape index (κ1) is 19.7. The van der Waals surface area contributed by atoms with E-state index >= 15 is 0 Å². The Labute approximate surface area is 163 Å². The maximum Gasteiger partial charge on any atom is 0.310 e. The van der Waals surface area contributed by atoms with Gasteiger partial charge < -0.3 is 9.64 Å². The number of hydrogen-bond donors (Lipinski definition) is 0. The van der Waals surface area contributed by atoms with Crippen LogP contribution in [0.2, 0.25) is 0 Å². The lowest BCUT2D eigenvalue weighted by Gasteiger charge is -2.32.